The summed E-state index contributed by atoms with van der Waals surface area (Å²) in [4.78, 5) is 38.3. The Morgan fingerprint density at radius 2 is 2.04 bits per heavy atom. The number of alkyl halides is 3. The van der Waals surface area contributed by atoms with Crippen LogP contribution in [0.2, 0.25) is 5.02 Å². The van der Waals surface area contributed by atoms with E-state index in [1.807, 2.05) is 0 Å². The summed E-state index contributed by atoms with van der Waals surface area (Å²) in [5.41, 5.74) is -1.12. The number of hydrogen-bond donors (Lipinski definition) is 1. The average molecular weight is 406 g/mol. The molecule has 0 aromatic heterocycles. The molecule has 3 amide bonds. The Morgan fingerprint density at radius 1 is 1.33 bits per heavy atom. The van der Waals surface area contributed by atoms with E-state index in [4.69, 9.17) is 11.6 Å². The zero-order valence-corrected chi connectivity index (χ0v) is 15.4. The first-order chi connectivity index (χ1) is 12.6. The van der Waals surface area contributed by atoms with Gasteiger partial charge in [0.05, 0.1) is 17.1 Å². The highest BCUT2D eigenvalue weighted by Crippen LogP contribution is 2.36. The number of likely N-dealkylation sites (N-methyl/N-ethyl adjacent to an activating group) is 1. The number of amides is 3. The summed E-state index contributed by atoms with van der Waals surface area (Å²) in [7, 11) is 1.41. The lowest BCUT2D eigenvalue weighted by Crippen LogP contribution is -2.37. The molecule has 1 saturated heterocycles. The van der Waals surface area contributed by atoms with Gasteiger partial charge in [0.2, 0.25) is 17.7 Å². The zero-order chi connectivity index (χ0) is 20.2. The molecule has 1 aromatic rings. The van der Waals surface area contributed by atoms with Gasteiger partial charge in [-0.2, -0.15) is 13.2 Å². The van der Waals surface area contributed by atoms with E-state index in [9.17, 15) is 27.6 Å². The van der Waals surface area contributed by atoms with Crippen molar-refractivity contribution in [3.63, 3.8) is 0 Å². The minimum absolute atomic E-state index is 0.00593. The maximum atomic E-state index is 12.8. The van der Waals surface area contributed by atoms with Crippen molar-refractivity contribution >= 4 is 35.0 Å². The average Bonchev–Trinajstić information content (AvgIpc) is 2.98. The lowest BCUT2D eigenvalue weighted by Gasteiger charge is -2.20. The minimum atomic E-state index is -4.64. The number of carbonyl (C=O) groups excluding carboxylic acids is 3. The molecule has 0 spiro atoms. The van der Waals surface area contributed by atoms with Crippen LogP contribution in [0.1, 0.15) is 24.8 Å². The van der Waals surface area contributed by atoms with Crippen molar-refractivity contribution in [2.45, 2.75) is 25.4 Å². The third-order valence-corrected chi connectivity index (χ3v) is 4.46. The first-order valence-electron chi connectivity index (χ1n) is 8.26. The predicted octanol–water partition coefficient (Wildman–Crippen LogP) is 2.77. The lowest BCUT2D eigenvalue weighted by molar-refractivity contribution is -0.137. The fourth-order valence-corrected chi connectivity index (χ4v) is 2.91. The summed E-state index contributed by atoms with van der Waals surface area (Å²) < 4.78 is 38.5. The SMILES string of the molecule is CN(CC(=O)Nc1ccc(Cl)c(C(F)(F)F)c1)C(=O)CCN1CCCC1=O. The van der Waals surface area contributed by atoms with Crippen LogP contribution in [-0.4, -0.2) is 54.2 Å². The molecular formula is C17H19ClF3N3O3. The van der Waals surface area contributed by atoms with Gasteiger partial charge in [-0.3, -0.25) is 14.4 Å². The third-order valence-electron chi connectivity index (χ3n) is 4.13. The monoisotopic (exact) mass is 405 g/mol. The van der Waals surface area contributed by atoms with Crippen LogP contribution < -0.4 is 5.32 Å². The minimum Gasteiger partial charge on any atom is -0.342 e. The smallest absolute Gasteiger partial charge is 0.342 e. The number of rotatable bonds is 6. The Balaban J connectivity index is 1.87. The Labute approximate surface area is 159 Å². The number of anilines is 1. The van der Waals surface area contributed by atoms with Crippen molar-refractivity contribution in [2.24, 2.45) is 0 Å². The second kappa shape index (κ2) is 8.60. The molecular weight excluding hydrogens is 387 g/mol. The van der Waals surface area contributed by atoms with Crippen molar-refractivity contribution in [2.75, 3.05) is 32.0 Å². The van der Waals surface area contributed by atoms with E-state index >= 15 is 0 Å². The van der Waals surface area contributed by atoms with Gasteiger partial charge in [0.1, 0.15) is 0 Å². The number of nitrogens with zero attached hydrogens (tertiary/aromatic N) is 2. The molecule has 1 aliphatic rings. The van der Waals surface area contributed by atoms with Crippen LogP contribution in [0.4, 0.5) is 18.9 Å². The van der Waals surface area contributed by atoms with Crippen molar-refractivity contribution in [1.29, 1.82) is 0 Å². The molecule has 0 saturated carbocycles. The Morgan fingerprint density at radius 3 is 2.63 bits per heavy atom. The largest absolute Gasteiger partial charge is 0.417 e. The topological polar surface area (TPSA) is 69.7 Å². The summed E-state index contributed by atoms with van der Waals surface area (Å²) >= 11 is 5.53. The molecule has 0 atom stereocenters. The molecule has 1 aromatic carbocycles. The highest BCUT2D eigenvalue weighted by Gasteiger charge is 2.33. The fraction of sp³-hybridized carbons (Fsp3) is 0.471. The Kier molecular flexibility index (Phi) is 6.69. The van der Waals surface area contributed by atoms with Crippen LogP contribution in [0.15, 0.2) is 18.2 Å². The second-order valence-electron chi connectivity index (χ2n) is 6.22. The molecule has 1 N–H and O–H groups in total. The van der Waals surface area contributed by atoms with E-state index in [2.05, 4.69) is 5.32 Å². The number of benzene rings is 1. The van der Waals surface area contributed by atoms with Gasteiger partial charge in [0, 0.05) is 38.7 Å². The van der Waals surface area contributed by atoms with Crippen LogP contribution >= 0.6 is 11.6 Å². The Hall–Kier alpha value is -2.29. The molecule has 0 bridgehead atoms. The van der Waals surface area contributed by atoms with E-state index < -0.39 is 22.7 Å². The number of halogens is 4. The number of nitrogens with one attached hydrogen (secondary N) is 1. The fourth-order valence-electron chi connectivity index (χ4n) is 2.69. The maximum absolute atomic E-state index is 12.8. The zero-order valence-electron chi connectivity index (χ0n) is 14.6. The van der Waals surface area contributed by atoms with Gasteiger partial charge in [-0.25, -0.2) is 0 Å². The lowest BCUT2D eigenvalue weighted by atomic mass is 10.2. The van der Waals surface area contributed by atoms with Gasteiger partial charge in [-0.1, -0.05) is 11.6 Å². The summed E-state index contributed by atoms with van der Waals surface area (Å²) in [6.45, 7) is 0.584. The predicted molar refractivity (Wildman–Crippen MR) is 93.2 cm³/mol. The van der Waals surface area contributed by atoms with Crippen molar-refractivity contribution < 1.29 is 27.6 Å². The van der Waals surface area contributed by atoms with Crippen LogP contribution in [0, 0.1) is 0 Å². The highest BCUT2D eigenvalue weighted by atomic mass is 35.5. The molecule has 6 nitrogen and oxygen atoms in total. The van der Waals surface area contributed by atoms with Crippen molar-refractivity contribution in [3.8, 4) is 0 Å². The van der Waals surface area contributed by atoms with Crippen molar-refractivity contribution in [3.05, 3.63) is 28.8 Å². The summed E-state index contributed by atoms with van der Waals surface area (Å²) in [6.07, 6.45) is -3.31. The normalized spacial score (nSPS) is 14.4. The van der Waals surface area contributed by atoms with Crippen molar-refractivity contribution in [1.82, 2.24) is 9.80 Å². The van der Waals surface area contributed by atoms with Gasteiger partial charge in [0.25, 0.3) is 0 Å². The molecule has 0 radical (unpaired) electrons. The molecule has 1 aliphatic heterocycles. The van der Waals surface area contributed by atoms with Gasteiger partial charge >= 0.3 is 6.18 Å². The standard InChI is InChI=1S/C17H19ClF3N3O3/c1-23(15(26)6-8-24-7-2-3-16(24)27)10-14(25)22-11-4-5-13(18)12(9-11)17(19,20)21/h4-5,9H,2-3,6-8,10H2,1H3,(H,22,25). The summed E-state index contributed by atoms with van der Waals surface area (Å²) in [5.74, 6) is -0.970. The third kappa shape index (κ3) is 5.85. The van der Waals surface area contributed by atoms with Gasteiger partial charge in [-0.05, 0) is 24.6 Å². The van der Waals surface area contributed by atoms with Gasteiger partial charge in [-0.15, -0.1) is 0 Å². The van der Waals surface area contributed by atoms with E-state index in [-0.39, 0.29) is 37.0 Å². The van der Waals surface area contributed by atoms with E-state index in [0.29, 0.717) is 13.0 Å². The van der Waals surface area contributed by atoms with Crippen LogP contribution in [0.25, 0.3) is 0 Å². The van der Waals surface area contributed by atoms with E-state index in [0.717, 1.165) is 23.5 Å². The maximum Gasteiger partial charge on any atom is 0.417 e. The highest BCUT2D eigenvalue weighted by molar-refractivity contribution is 6.31. The second-order valence-corrected chi connectivity index (χ2v) is 6.63. The molecule has 1 heterocycles. The van der Waals surface area contributed by atoms with E-state index in [1.165, 1.54) is 13.1 Å². The Bertz CT molecular complexity index is 740. The molecule has 148 valence electrons. The quantitative estimate of drug-likeness (QED) is 0.791. The molecule has 0 aliphatic carbocycles. The summed E-state index contributed by atoms with van der Waals surface area (Å²) in [6, 6.07) is 3.03. The number of carbonyl (C=O) groups is 3. The first kappa shape index (κ1) is 21.0. The molecule has 27 heavy (non-hydrogen) atoms. The molecule has 1 fully saturated rings. The molecule has 2 rings (SSSR count). The number of likely N-dealkylation sites (tertiary alicyclic amines) is 1. The first-order valence-corrected chi connectivity index (χ1v) is 8.64. The van der Waals surface area contributed by atoms with E-state index in [1.54, 1.807) is 4.90 Å². The number of hydrogen-bond acceptors (Lipinski definition) is 3. The van der Waals surface area contributed by atoms with Crippen LogP contribution in [0.3, 0.4) is 0 Å². The van der Waals surface area contributed by atoms with Crippen LogP contribution in [-0.2, 0) is 20.6 Å². The molecule has 0 unspecified atom stereocenters. The van der Waals surface area contributed by atoms with Crippen LogP contribution in [0.5, 0.6) is 0 Å². The van der Waals surface area contributed by atoms with Gasteiger partial charge < -0.3 is 15.1 Å². The summed E-state index contributed by atoms with van der Waals surface area (Å²) in [5, 5.41) is 1.85. The molecule has 10 heteroatoms. The van der Waals surface area contributed by atoms with Gasteiger partial charge in [0.15, 0.2) is 0 Å².